The molecule has 0 aliphatic rings. The molecule has 0 amide bonds. The lowest BCUT2D eigenvalue weighted by atomic mass is 10.1. The van der Waals surface area contributed by atoms with Gasteiger partial charge in [0.2, 0.25) is 0 Å². The van der Waals surface area contributed by atoms with E-state index in [9.17, 15) is 0 Å². The topological polar surface area (TPSA) is 37.8 Å². The lowest BCUT2D eigenvalue weighted by Gasteiger charge is -2.22. The molecule has 0 radical (unpaired) electrons. The Hall–Kier alpha value is -0.770. The molecule has 3 nitrogen and oxygen atoms in total. The van der Waals surface area contributed by atoms with Crippen molar-refractivity contribution < 1.29 is 0 Å². The highest BCUT2D eigenvalue weighted by Gasteiger charge is 2.20. The Bertz CT molecular complexity index is 383. The van der Waals surface area contributed by atoms with Gasteiger partial charge in [-0.05, 0) is 12.3 Å². The third-order valence-electron chi connectivity index (χ3n) is 2.37. The van der Waals surface area contributed by atoms with Crippen molar-refractivity contribution in [1.29, 1.82) is 0 Å². The maximum atomic E-state index is 4.47. The molecular formula is C14H25N3S. The Morgan fingerprint density at radius 1 is 1.28 bits per heavy atom. The molecule has 0 atom stereocenters. The van der Waals surface area contributed by atoms with Gasteiger partial charge in [-0.1, -0.05) is 41.5 Å². The van der Waals surface area contributed by atoms with E-state index in [1.807, 2.05) is 11.8 Å². The molecule has 4 heteroatoms. The van der Waals surface area contributed by atoms with Crippen LogP contribution in [-0.2, 0) is 0 Å². The van der Waals surface area contributed by atoms with E-state index in [1.165, 1.54) is 5.56 Å². The summed E-state index contributed by atoms with van der Waals surface area (Å²) in [6.45, 7) is 14.1. The van der Waals surface area contributed by atoms with Crippen molar-refractivity contribution in [1.82, 2.24) is 9.97 Å². The Kier molecular flexibility index (Phi) is 5.45. The predicted molar refractivity (Wildman–Crippen MR) is 80.5 cm³/mol. The third kappa shape index (κ3) is 4.48. The van der Waals surface area contributed by atoms with Crippen LogP contribution in [0.25, 0.3) is 0 Å². The molecule has 1 heterocycles. The van der Waals surface area contributed by atoms with Crippen molar-refractivity contribution >= 4 is 17.6 Å². The van der Waals surface area contributed by atoms with E-state index in [1.54, 1.807) is 6.33 Å². The standard InChI is InChI=1S/C14H25N3S/c1-7-8-15-12-11(10(2)3)13(17-9-16-12)18-14(4,5)6/h9-10H,7-8H2,1-6H3,(H,15,16,17). The first-order valence-corrected chi connectivity index (χ1v) is 7.44. The molecule has 18 heavy (non-hydrogen) atoms. The molecule has 1 aromatic heterocycles. The van der Waals surface area contributed by atoms with Crippen LogP contribution in [0.3, 0.4) is 0 Å². The SMILES string of the molecule is CCCNc1ncnc(SC(C)(C)C)c1C(C)C. The zero-order valence-electron chi connectivity index (χ0n) is 12.4. The normalized spacial score (nSPS) is 11.9. The number of aromatic nitrogens is 2. The van der Waals surface area contributed by atoms with Crippen LogP contribution in [0.1, 0.15) is 59.4 Å². The molecule has 102 valence electrons. The van der Waals surface area contributed by atoms with Gasteiger partial charge in [0.05, 0.1) is 0 Å². The fraction of sp³-hybridized carbons (Fsp3) is 0.714. The van der Waals surface area contributed by atoms with Crippen molar-refractivity contribution in [2.45, 2.75) is 63.7 Å². The molecule has 1 rings (SSSR count). The molecular weight excluding hydrogens is 242 g/mol. The average Bonchev–Trinajstić information content (AvgIpc) is 2.23. The van der Waals surface area contributed by atoms with Gasteiger partial charge in [0.15, 0.2) is 0 Å². The molecule has 0 bridgehead atoms. The monoisotopic (exact) mass is 267 g/mol. The minimum Gasteiger partial charge on any atom is -0.370 e. The van der Waals surface area contributed by atoms with Gasteiger partial charge in [0.1, 0.15) is 17.2 Å². The summed E-state index contributed by atoms with van der Waals surface area (Å²) >= 11 is 1.81. The second-order valence-corrected chi connectivity index (χ2v) is 7.55. The molecule has 0 saturated heterocycles. The maximum absolute atomic E-state index is 4.47. The summed E-state index contributed by atoms with van der Waals surface area (Å²) in [7, 11) is 0. The molecule has 0 saturated carbocycles. The summed E-state index contributed by atoms with van der Waals surface area (Å²) in [5.41, 5.74) is 1.24. The van der Waals surface area contributed by atoms with Crippen LogP contribution in [0.15, 0.2) is 11.4 Å². The van der Waals surface area contributed by atoms with Gasteiger partial charge >= 0.3 is 0 Å². The van der Waals surface area contributed by atoms with E-state index in [0.717, 1.165) is 23.8 Å². The molecule has 1 N–H and O–H groups in total. The third-order valence-corrected chi connectivity index (χ3v) is 3.50. The molecule has 0 aliphatic heterocycles. The van der Waals surface area contributed by atoms with E-state index >= 15 is 0 Å². The minimum absolute atomic E-state index is 0.167. The molecule has 0 spiro atoms. The van der Waals surface area contributed by atoms with E-state index in [-0.39, 0.29) is 4.75 Å². The van der Waals surface area contributed by atoms with E-state index in [2.05, 4.69) is 56.8 Å². The summed E-state index contributed by atoms with van der Waals surface area (Å²) < 4.78 is 0.167. The van der Waals surface area contributed by atoms with E-state index < -0.39 is 0 Å². The lowest BCUT2D eigenvalue weighted by Crippen LogP contribution is -2.12. The van der Waals surface area contributed by atoms with E-state index in [0.29, 0.717) is 5.92 Å². The lowest BCUT2D eigenvalue weighted by molar-refractivity contribution is 0.773. The number of nitrogens with one attached hydrogen (secondary N) is 1. The predicted octanol–water partition coefficient (Wildman–Crippen LogP) is 4.31. The number of hydrogen-bond acceptors (Lipinski definition) is 4. The molecule has 0 unspecified atom stereocenters. The first-order chi connectivity index (χ1) is 8.35. The van der Waals surface area contributed by atoms with Gasteiger partial charge in [-0.15, -0.1) is 11.8 Å². The molecule has 0 aliphatic carbocycles. The van der Waals surface area contributed by atoms with Crippen LogP contribution >= 0.6 is 11.8 Å². The smallest absolute Gasteiger partial charge is 0.133 e. The summed E-state index contributed by atoms with van der Waals surface area (Å²) in [5, 5.41) is 4.51. The van der Waals surface area contributed by atoms with Crippen LogP contribution in [0.5, 0.6) is 0 Å². The number of rotatable bonds is 5. The van der Waals surface area contributed by atoms with Gasteiger partial charge in [-0.2, -0.15) is 0 Å². The fourth-order valence-corrected chi connectivity index (χ4v) is 2.78. The molecule has 0 fully saturated rings. The van der Waals surface area contributed by atoms with Crippen LogP contribution in [0.4, 0.5) is 5.82 Å². The van der Waals surface area contributed by atoms with Crippen LogP contribution in [0, 0.1) is 0 Å². The van der Waals surface area contributed by atoms with Crippen molar-refractivity contribution in [3.05, 3.63) is 11.9 Å². The Labute approximate surface area is 115 Å². The van der Waals surface area contributed by atoms with Crippen LogP contribution < -0.4 is 5.32 Å². The van der Waals surface area contributed by atoms with Gasteiger partial charge in [-0.3, -0.25) is 0 Å². The average molecular weight is 267 g/mol. The van der Waals surface area contributed by atoms with Crippen molar-refractivity contribution in [2.24, 2.45) is 0 Å². The summed E-state index contributed by atoms with van der Waals surface area (Å²) in [5.74, 6) is 1.42. The quantitative estimate of drug-likeness (QED) is 0.637. The van der Waals surface area contributed by atoms with Crippen LogP contribution in [0.2, 0.25) is 0 Å². The summed E-state index contributed by atoms with van der Waals surface area (Å²) in [4.78, 5) is 8.86. The highest BCUT2D eigenvalue weighted by Crippen LogP contribution is 2.37. The summed E-state index contributed by atoms with van der Waals surface area (Å²) in [6.07, 6.45) is 2.77. The fourth-order valence-electron chi connectivity index (χ4n) is 1.66. The second kappa shape index (κ2) is 6.41. The molecule has 1 aromatic rings. The highest BCUT2D eigenvalue weighted by molar-refractivity contribution is 8.00. The zero-order valence-corrected chi connectivity index (χ0v) is 13.2. The zero-order chi connectivity index (χ0) is 13.8. The van der Waals surface area contributed by atoms with E-state index in [4.69, 9.17) is 0 Å². The summed E-state index contributed by atoms with van der Waals surface area (Å²) in [6, 6.07) is 0. The number of nitrogens with zero attached hydrogens (tertiary/aromatic N) is 2. The van der Waals surface area contributed by atoms with Gasteiger partial charge in [-0.25, -0.2) is 9.97 Å². The Morgan fingerprint density at radius 2 is 1.94 bits per heavy atom. The molecule has 0 aromatic carbocycles. The number of anilines is 1. The van der Waals surface area contributed by atoms with Crippen molar-refractivity contribution in [3.63, 3.8) is 0 Å². The first kappa shape index (κ1) is 15.3. The maximum Gasteiger partial charge on any atom is 0.133 e. The minimum atomic E-state index is 0.167. The highest BCUT2D eigenvalue weighted by atomic mass is 32.2. The van der Waals surface area contributed by atoms with Crippen LogP contribution in [-0.4, -0.2) is 21.3 Å². The second-order valence-electron chi connectivity index (χ2n) is 5.74. The number of thioether (sulfide) groups is 1. The van der Waals surface area contributed by atoms with Crippen molar-refractivity contribution in [2.75, 3.05) is 11.9 Å². The number of hydrogen-bond donors (Lipinski definition) is 1. The van der Waals surface area contributed by atoms with Crippen molar-refractivity contribution in [3.8, 4) is 0 Å². The van der Waals surface area contributed by atoms with Gasteiger partial charge < -0.3 is 5.32 Å². The Morgan fingerprint density at radius 3 is 2.44 bits per heavy atom. The largest absolute Gasteiger partial charge is 0.370 e. The van der Waals surface area contributed by atoms with Gasteiger partial charge in [0, 0.05) is 16.9 Å². The van der Waals surface area contributed by atoms with Gasteiger partial charge in [0.25, 0.3) is 0 Å². The Balaban J connectivity index is 3.09. The first-order valence-electron chi connectivity index (χ1n) is 6.63.